The standard InChI is InChI=1S/C32H41NO4/c1-21(2)23-13-14-31(4)22(3)11-12-30(34)32(31,15-16-37-20-36-6)27-17-26-24-9-7-8-10-28(24)33(19-35-5)29(26)18-25(23)27/h7-10,17-18,22H,11-16,19-20H2,1-6H3/t22-,31+,32-/m1/s1. The van der Waals surface area contributed by atoms with Crippen LogP contribution in [0.3, 0.4) is 0 Å². The molecule has 5 heteroatoms. The molecule has 3 aromatic rings. The van der Waals surface area contributed by atoms with Crippen LogP contribution in [0.15, 0.2) is 42.0 Å². The molecule has 2 aliphatic carbocycles. The van der Waals surface area contributed by atoms with E-state index >= 15 is 0 Å². The number of nitrogens with zero attached hydrogens (tertiary/aromatic N) is 1. The molecule has 1 fully saturated rings. The van der Waals surface area contributed by atoms with Gasteiger partial charge in [-0.1, -0.05) is 37.6 Å². The third kappa shape index (κ3) is 3.89. The van der Waals surface area contributed by atoms with E-state index in [0.29, 0.717) is 37.9 Å². The molecule has 2 aromatic carbocycles. The fraction of sp³-hybridized carbons (Fsp3) is 0.531. The number of hydrogen-bond acceptors (Lipinski definition) is 4. The lowest BCUT2D eigenvalue weighted by Gasteiger charge is -2.54. The fourth-order valence-corrected chi connectivity index (χ4v) is 7.47. The first-order chi connectivity index (χ1) is 17.8. The molecule has 3 atom stereocenters. The van der Waals surface area contributed by atoms with Gasteiger partial charge in [-0.25, -0.2) is 0 Å². The second-order valence-electron chi connectivity index (χ2n) is 11.5. The second-order valence-corrected chi connectivity index (χ2v) is 11.5. The van der Waals surface area contributed by atoms with Crippen LogP contribution in [-0.2, 0) is 31.2 Å². The van der Waals surface area contributed by atoms with Gasteiger partial charge in [0.2, 0.25) is 0 Å². The van der Waals surface area contributed by atoms with Crippen molar-refractivity contribution in [3.05, 3.63) is 53.1 Å². The van der Waals surface area contributed by atoms with Crippen LogP contribution < -0.4 is 0 Å². The molecular weight excluding hydrogens is 462 g/mol. The lowest BCUT2D eigenvalue weighted by Crippen LogP contribution is -2.56. The van der Waals surface area contributed by atoms with Gasteiger partial charge in [0.05, 0.1) is 23.1 Å². The number of methoxy groups -OCH3 is 2. The average Bonchev–Trinajstić information content (AvgIpc) is 3.12. The van der Waals surface area contributed by atoms with Crippen molar-refractivity contribution in [2.24, 2.45) is 11.3 Å². The number of hydrogen-bond donors (Lipinski definition) is 0. The SMILES string of the molecule is COCOCC[C@@]12C(=O)CC[C@@H](C)[C@]1(C)CCC(=C(C)C)c1cc3c(cc12)c1ccccc1n3COC. The van der Waals surface area contributed by atoms with Crippen molar-refractivity contribution >= 4 is 33.2 Å². The molecule has 198 valence electrons. The highest BCUT2D eigenvalue weighted by atomic mass is 16.7. The zero-order valence-electron chi connectivity index (χ0n) is 23.3. The lowest BCUT2D eigenvalue weighted by molar-refractivity contribution is -0.140. The Bertz CT molecular complexity index is 1360. The number of benzene rings is 2. The number of carbonyl (C=O) groups is 1. The number of ether oxygens (including phenoxy) is 3. The van der Waals surface area contributed by atoms with E-state index in [-0.39, 0.29) is 12.2 Å². The van der Waals surface area contributed by atoms with Gasteiger partial charge in [-0.15, -0.1) is 0 Å². The monoisotopic (exact) mass is 503 g/mol. The quantitative estimate of drug-likeness (QED) is 0.252. The second kappa shape index (κ2) is 10.0. The van der Waals surface area contributed by atoms with E-state index in [1.54, 1.807) is 14.2 Å². The molecule has 5 rings (SSSR count). The molecule has 0 amide bonds. The van der Waals surface area contributed by atoms with Gasteiger partial charge in [0.1, 0.15) is 19.3 Å². The molecule has 1 saturated carbocycles. The minimum Gasteiger partial charge on any atom is -0.364 e. The molecule has 1 aromatic heterocycles. The normalized spacial score (nSPS) is 25.8. The van der Waals surface area contributed by atoms with Gasteiger partial charge in [-0.3, -0.25) is 4.79 Å². The van der Waals surface area contributed by atoms with Crippen molar-refractivity contribution in [3.63, 3.8) is 0 Å². The van der Waals surface area contributed by atoms with Gasteiger partial charge in [0, 0.05) is 31.4 Å². The van der Waals surface area contributed by atoms with Crippen molar-refractivity contribution in [1.82, 2.24) is 4.57 Å². The van der Waals surface area contributed by atoms with Crippen LogP contribution in [-0.4, -0.2) is 38.0 Å². The molecule has 0 unspecified atom stereocenters. The molecule has 2 aliphatic rings. The van der Waals surface area contributed by atoms with E-state index in [1.165, 1.54) is 33.0 Å². The van der Waals surface area contributed by atoms with Gasteiger partial charge in [0.15, 0.2) is 0 Å². The Morgan fingerprint density at radius 2 is 1.84 bits per heavy atom. The van der Waals surface area contributed by atoms with E-state index < -0.39 is 5.41 Å². The highest BCUT2D eigenvalue weighted by molar-refractivity contribution is 6.10. The summed E-state index contributed by atoms with van der Waals surface area (Å²) in [6.07, 6.45) is 4.20. The minimum atomic E-state index is -0.608. The van der Waals surface area contributed by atoms with Gasteiger partial charge in [0.25, 0.3) is 0 Å². The van der Waals surface area contributed by atoms with Gasteiger partial charge < -0.3 is 18.8 Å². The van der Waals surface area contributed by atoms with Crippen LogP contribution in [0, 0.1) is 11.3 Å². The van der Waals surface area contributed by atoms with Crippen molar-refractivity contribution in [2.45, 2.75) is 71.9 Å². The highest BCUT2D eigenvalue weighted by Crippen LogP contribution is 2.61. The summed E-state index contributed by atoms with van der Waals surface area (Å²) in [4.78, 5) is 14.3. The maximum atomic E-state index is 14.3. The van der Waals surface area contributed by atoms with E-state index in [9.17, 15) is 4.79 Å². The summed E-state index contributed by atoms with van der Waals surface area (Å²) in [6, 6.07) is 13.2. The number of para-hydroxylation sites is 1. The summed E-state index contributed by atoms with van der Waals surface area (Å²) in [7, 11) is 3.39. The van der Waals surface area contributed by atoms with Crippen LogP contribution in [0.1, 0.15) is 70.9 Å². The first-order valence-electron chi connectivity index (χ1n) is 13.6. The summed E-state index contributed by atoms with van der Waals surface area (Å²) in [5.41, 5.74) is 6.65. The van der Waals surface area contributed by atoms with Crippen LogP contribution >= 0.6 is 0 Å². The smallest absolute Gasteiger partial charge is 0.146 e. The molecule has 0 radical (unpaired) electrons. The predicted molar refractivity (Wildman–Crippen MR) is 150 cm³/mol. The Kier molecular flexibility index (Phi) is 7.08. The lowest BCUT2D eigenvalue weighted by atomic mass is 9.48. The van der Waals surface area contributed by atoms with Crippen LogP contribution in [0.25, 0.3) is 27.4 Å². The first-order valence-corrected chi connectivity index (χ1v) is 13.6. The largest absolute Gasteiger partial charge is 0.364 e. The van der Waals surface area contributed by atoms with E-state index in [2.05, 4.69) is 68.7 Å². The predicted octanol–water partition coefficient (Wildman–Crippen LogP) is 7.24. The van der Waals surface area contributed by atoms with Crippen molar-refractivity contribution in [3.8, 4) is 0 Å². The van der Waals surface area contributed by atoms with Gasteiger partial charge in [-0.2, -0.15) is 0 Å². The molecule has 0 N–H and O–H groups in total. The number of ketones is 1. The maximum absolute atomic E-state index is 14.3. The number of fused-ring (bicyclic) bond motifs is 6. The first kappa shape index (κ1) is 26.1. The zero-order valence-corrected chi connectivity index (χ0v) is 23.3. The summed E-state index contributed by atoms with van der Waals surface area (Å²) in [5, 5.41) is 2.39. The number of allylic oxidation sites excluding steroid dienone is 2. The number of Topliss-reactive ketones (excluding diaryl/α,β-unsaturated/α-hetero) is 1. The number of carbonyl (C=O) groups excluding carboxylic acids is 1. The molecule has 37 heavy (non-hydrogen) atoms. The third-order valence-electron chi connectivity index (χ3n) is 9.62. The minimum absolute atomic E-state index is 0.163. The Morgan fingerprint density at radius 1 is 1.05 bits per heavy atom. The molecule has 1 heterocycles. The summed E-state index contributed by atoms with van der Waals surface area (Å²) in [5.74, 6) is 0.799. The van der Waals surface area contributed by atoms with Crippen molar-refractivity contribution < 1.29 is 19.0 Å². The Labute approximate surface area is 220 Å². The fourth-order valence-electron chi connectivity index (χ4n) is 7.47. The Balaban J connectivity index is 1.88. The summed E-state index contributed by atoms with van der Waals surface area (Å²) < 4.78 is 19.0. The van der Waals surface area contributed by atoms with Crippen LogP contribution in [0.4, 0.5) is 0 Å². The number of aromatic nitrogens is 1. The topological polar surface area (TPSA) is 49.7 Å². The Hall–Kier alpha value is -2.47. The van der Waals surface area contributed by atoms with E-state index in [0.717, 1.165) is 30.3 Å². The molecule has 5 nitrogen and oxygen atoms in total. The number of rotatable bonds is 7. The van der Waals surface area contributed by atoms with Gasteiger partial charge in [-0.05, 0) is 85.8 Å². The van der Waals surface area contributed by atoms with Crippen molar-refractivity contribution in [2.75, 3.05) is 27.6 Å². The molecule has 0 aliphatic heterocycles. The van der Waals surface area contributed by atoms with Gasteiger partial charge >= 0.3 is 0 Å². The van der Waals surface area contributed by atoms with E-state index in [1.807, 2.05) is 0 Å². The third-order valence-corrected chi connectivity index (χ3v) is 9.62. The van der Waals surface area contributed by atoms with Crippen LogP contribution in [0.2, 0.25) is 0 Å². The molecule has 0 saturated heterocycles. The molecule has 0 bridgehead atoms. The Morgan fingerprint density at radius 3 is 2.57 bits per heavy atom. The average molecular weight is 504 g/mol. The highest BCUT2D eigenvalue weighted by Gasteiger charge is 2.60. The molecular formula is C32H41NO4. The van der Waals surface area contributed by atoms with E-state index in [4.69, 9.17) is 14.2 Å². The maximum Gasteiger partial charge on any atom is 0.146 e. The molecule has 0 spiro atoms. The summed E-state index contributed by atoms with van der Waals surface area (Å²) >= 11 is 0. The summed E-state index contributed by atoms with van der Waals surface area (Å²) in [6.45, 7) is 10.4. The zero-order chi connectivity index (χ0) is 26.4. The van der Waals surface area contributed by atoms with Crippen molar-refractivity contribution in [1.29, 1.82) is 0 Å². The van der Waals surface area contributed by atoms with Crippen LogP contribution in [0.5, 0.6) is 0 Å².